The van der Waals surface area contributed by atoms with Gasteiger partial charge in [-0.05, 0) is 12.8 Å². The predicted octanol–water partition coefficient (Wildman–Crippen LogP) is -0.326. The van der Waals surface area contributed by atoms with E-state index in [1.54, 1.807) is 0 Å². The summed E-state index contributed by atoms with van der Waals surface area (Å²) in [4.78, 5) is 22.6. The van der Waals surface area contributed by atoms with Crippen LogP contribution in [-0.4, -0.2) is 47.1 Å². The van der Waals surface area contributed by atoms with Gasteiger partial charge in [0.05, 0.1) is 6.54 Å². The summed E-state index contributed by atoms with van der Waals surface area (Å²) >= 11 is 0. The Kier molecular flexibility index (Phi) is 3.31. The summed E-state index contributed by atoms with van der Waals surface area (Å²) in [5.74, 6) is 1.87. The molecule has 0 fully saturated rings. The van der Waals surface area contributed by atoms with E-state index in [0.29, 0.717) is 18.2 Å². The van der Waals surface area contributed by atoms with Crippen LogP contribution in [0.1, 0.15) is 33.1 Å². The largest absolute Gasteiger partial charge is 0.601 e. The van der Waals surface area contributed by atoms with Crippen molar-refractivity contribution in [2.45, 2.75) is 33.1 Å². The van der Waals surface area contributed by atoms with Gasteiger partial charge in [-0.3, -0.25) is 19.7 Å². The molecule has 1 amide bonds. The van der Waals surface area contributed by atoms with E-state index >= 15 is 0 Å². The summed E-state index contributed by atoms with van der Waals surface area (Å²) in [6.07, 6.45) is 2.76. The van der Waals surface area contributed by atoms with Gasteiger partial charge in [-0.2, -0.15) is 0 Å². The Morgan fingerprint density at radius 1 is 1.25 bits per heavy atom. The Balaban J connectivity index is 1.98. The molecule has 3 aliphatic rings. The van der Waals surface area contributed by atoms with Gasteiger partial charge in [0.25, 0.3) is 5.91 Å². The molecular weight excluding hydrogens is 258 g/mol. The van der Waals surface area contributed by atoms with E-state index in [1.807, 2.05) is 4.90 Å². The van der Waals surface area contributed by atoms with E-state index in [2.05, 4.69) is 23.8 Å². The van der Waals surface area contributed by atoms with Crippen LogP contribution in [0, 0.1) is 5.21 Å². The van der Waals surface area contributed by atoms with Crippen molar-refractivity contribution in [3.63, 3.8) is 0 Å². The maximum atomic E-state index is 12.5. The molecule has 0 aromatic rings. The number of quaternary nitrogens is 1. The molecule has 0 radical (unpaired) electrons. The molecule has 0 aromatic heterocycles. The van der Waals surface area contributed by atoms with E-state index < -0.39 is 0 Å². The Labute approximate surface area is 117 Å². The third kappa shape index (κ3) is 1.77. The lowest BCUT2D eigenvalue weighted by Gasteiger charge is -2.34. The zero-order valence-corrected chi connectivity index (χ0v) is 11.8. The SMILES string of the molecule is CCCC1=NCC2=C(N1CCC)[NH+]([O-])N1C(=O)CN=C21. The quantitative estimate of drug-likeness (QED) is 0.715. The summed E-state index contributed by atoms with van der Waals surface area (Å²) < 4.78 is 0. The molecule has 3 rings (SSSR count). The minimum atomic E-state index is -0.229. The fraction of sp³-hybridized carbons (Fsp3) is 0.615. The van der Waals surface area contributed by atoms with E-state index in [4.69, 9.17) is 0 Å². The summed E-state index contributed by atoms with van der Waals surface area (Å²) in [6, 6.07) is 0. The van der Waals surface area contributed by atoms with E-state index in [-0.39, 0.29) is 17.6 Å². The number of aliphatic imine (C=N–C) groups is 2. The maximum absolute atomic E-state index is 12.5. The first kappa shape index (κ1) is 13.3. The second-order valence-corrected chi connectivity index (χ2v) is 5.14. The number of nitrogens with zero attached hydrogens (tertiary/aromatic N) is 4. The highest BCUT2D eigenvalue weighted by Crippen LogP contribution is 2.24. The highest BCUT2D eigenvalue weighted by atomic mass is 16.6. The number of rotatable bonds is 4. The van der Waals surface area contributed by atoms with Crippen LogP contribution in [0.2, 0.25) is 0 Å². The first-order valence-electron chi connectivity index (χ1n) is 7.15. The molecule has 0 bridgehead atoms. The molecular formula is C13H19N5O2. The van der Waals surface area contributed by atoms with Crippen LogP contribution in [0.15, 0.2) is 21.4 Å². The number of hydrogen-bond donors (Lipinski definition) is 1. The van der Waals surface area contributed by atoms with Gasteiger partial charge in [0, 0.05) is 13.0 Å². The minimum Gasteiger partial charge on any atom is -0.601 e. The van der Waals surface area contributed by atoms with Crippen molar-refractivity contribution in [2.24, 2.45) is 9.98 Å². The van der Waals surface area contributed by atoms with Gasteiger partial charge in [-0.15, -0.1) is 5.01 Å². The van der Waals surface area contributed by atoms with Crippen LogP contribution in [0.3, 0.4) is 0 Å². The van der Waals surface area contributed by atoms with Crippen LogP contribution in [0.25, 0.3) is 0 Å². The van der Waals surface area contributed by atoms with Crippen LogP contribution in [0.5, 0.6) is 0 Å². The lowest BCUT2D eigenvalue weighted by Crippen LogP contribution is -3.12. The number of amidine groups is 2. The summed E-state index contributed by atoms with van der Waals surface area (Å²) in [5, 5.41) is 13.5. The van der Waals surface area contributed by atoms with Crippen LogP contribution in [-0.2, 0) is 4.79 Å². The van der Waals surface area contributed by atoms with Crippen LogP contribution in [0.4, 0.5) is 0 Å². The second kappa shape index (κ2) is 4.99. The van der Waals surface area contributed by atoms with Crippen molar-refractivity contribution in [1.29, 1.82) is 0 Å². The number of carbonyl (C=O) groups excluding carboxylic acids is 1. The fourth-order valence-electron chi connectivity index (χ4n) is 2.89. The number of amides is 1. The van der Waals surface area contributed by atoms with Crippen molar-refractivity contribution in [1.82, 2.24) is 9.91 Å². The summed E-state index contributed by atoms with van der Waals surface area (Å²) in [7, 11) is 0. The van der Waals surface area contributed by atoms with Crippen molar-refractivity contribution >= 4 is 17.6 Å². The highest BCUT2D eigenvalue weighted by Gasteiger charge is 2.47. The topological polar surface area (TPSA) is 75.8 Å². The van der Waals surface area contributed by atoms with E-state index in [9.17, 15) is 10.0 Å². The van der Waals surface area contributed by atoms with Gasteiger partial charge < -0.3 is 5.21 Å². The van der Waals surface area contributed by atoms with E-state index in [0.717, 1.165) is 37.2 Å². The number of fused-ring (bicyclic) bond motifs is 2. The first-order chi connectivity index (χ1) is 9.69. The third-order valence-electron chi connectivity index (χ3n) is 3.71. The smallest absolute Gasteiger partial charge is 0.296 e. The highest BCUT2D eigenvalue weighted by molar-refractivity contribution is 6.13. The van der Waals surface area contributed by atoms with Crippen molar-refractivity contribution in [2.75, 3.05) is 19.6 Å². The molecule has 3 aliphatic heterocycles. The predicted molar refractivity (Wildman–Crippen MR) is 74.7 cm³/mol. The molecule has 1 unspecified atom stereocenters. The summed E-state index contributed by atoms with van der Waals surface area (Å²) in [5.41, 5.74) is 0.814. The Morgan fingerprint density at radius 2 is 2.05 bits per heavy atom. The lowest BCUT2D eigenvalue weighted by atomic mass is 10.1. The molecule has 20 heavy (non-hydrogen) atoms. The average Bonchev–Trinajstić information content (AvgIpc) is 2.94. The molecule has 1 atom stereocenters. The average molecular weight is 277 g/mol. The molecule has 1 N–H and O–H groups in total. The van der Waals surface area contributed by atoms with Gasteiger partial charge in [0.2, 0.25) is 5.82 Å². The molecule has 7 heteroatoms. The number of carbonyl (C=O) groups is 1. The standard InChI is InChI=1S/C13H19N5O2/c1-3-5-10-14-7-9-12-15-8-11(19)17(12)18(20)13(9)16(10)6-4-2/h18H,3-8H2,1-2H3. The molecule has 0 aromatic carbocycles. The molecule has 0 aliphatic carbocycles. The number of hydroxylamine groups is 1. The minimum absolute atomic E-state index is 0.0805. The normalized spacial score (nSPS) is 24.9. The van der Waals surface area contributed by atoms with Gasteiger partial charge >= 0.3 is 0 Å². The van der Waals surface area contributed by atoms with Crippen molar-refractivity contribution in [3.05, 3.63) is 16.6 Å². The molecule has 0 saturated heterocycles. The first-order valence-corrected chi connectivity index (χ1v) is 7.15. The number of nitrogens with one attached hydrogen (secondary N) is 1. The fourth-order valence-corrected chi connectivity index (χ4v) is 2.89. The zero-order chi connectivity index (χ0) is 14.3. The van der Waals surface area contributed by atoms with Crippen LogP contribution < -0.4 is 5.17 Å². The van der Waals surface area contributed by atoms with Gasteiger partial charge in [-0.25, -0.2) is 5.17 Å². The van der Waals surface area contributed by atoms with Crippen molar-refractivity contribution < 1.29 is 9.97 Å². The molecule has 0 spiro atoms. The van der Waals surface area contributed by atoms with Crippen LogP contribution >= 0.6 is 0 Å². The number of hydrogen-bond acceptors (Lipinski definition) is 5. The zero-order valence-electron chi connectivity index (χ0n) is 11.8. The monoisotopic (exact) mass is 277 g/mol. The Morgan fingerprint density at radius 3 is 2.75 bits per heavy atom. The molecule has 7 nitrogen and oxygen atoms in total. The molecule has 0 saturated carbocycles. The summed E-state index contributed by atoms with van der Waals surface area (Å²) in [6.45, 7) is 5.45. The van der Waals surface area contributed by atoms with Gasteiger partial charge in [-0.1, -0.05) is 13.8 Å². The Hall–Kier alpha value is -1.73. The second-order valence-electron chi connectivity index (χ2n) is 5.14. The lowest BCUT2D eigenvalue weighted by molar-refractivity contribution is -0.908. The molecule has 108 valence electrons. The third-order valence-corrected chi connectivity index (χ3v) is 3.71. The maximum Gasteiger partial charge on any atom is 0.296 e. The molecule has 3 heterocycles. The Bertz CT molecular complexity index is 537. The van der Waals surface area contributed by atoms with E-state index in [1.165, 1.54) is 5.01 Å². The van der Waals surface area contributed by atoms with Gasteiger partial charge in [0.15, 0.2) is 5.84 Å². The van der Waals surface area contributed by atoms with Gasteiger partial charge in [0.1, 0.15) is 18.0 Å². The van der Waals surface area contributed by atoms with Crippen molar-refractivity contribution in [3.8, 4) is 0 Å².